The number of ether oxygens (including phenoxy) is 2. The molecule has 2 saturated heterocycles. The third-order valence-corrected chi connectivity index (χ3v) is 11.3. The summed E-state index contributed by atoms with van der Waals surface area (Å²) in [5.74, 6) is 0.730. The molecule has 3 aliphatic rings. The molecule has 0 spiro atoms. The first-order valence-electron chi connectivity index (χ1n) is 19.3. The number of aliphatic hydroxyl groups excluding tert-OH is 1. The van der Waals surface area contributed by atoms with E-state index in [1.165, 1.54) is 14.2 Å². The first-order chi connectivity index (χ1) is 26.9. The summed E-state index contributed by atoms with van der Waals surface area (Å²) in [7, 11) is 2.56. The molecule has 296 valence electrons. The minimum Gasteiger partial charge on any atom is -0.453 e. The lowest BCUT2D eigenvalue weighted by Crippen LogP contribution is -2.51. The summed E-state index contributed by atoms with van der Waals surface area (Å²) in [6.07, 6.45) is 4.47. The molecule has 0 radical (unpaired) electrons. The number of aromatic nitrogens is 4. The Morgan fingerprint density at radius 2 is 1.12 bits per heavy atom. The van der Waals surface area contributed by atoms with Gasteiger partial charge in [-0.1, -0.05) is 52.0 Å². The fraction of sp³-hybridized carbons (Fsp3) is 0.463. The van der Waals surface area contributed by atoms with Crippen LogP contribution >= 0.6 is 0 Å². The predicted octanol–water partition coefficient (Wildman–Crippen LogP) is 5.62. The van der Waals surface area contributed by atoms with Crippen LogP contribution in [0.4, 0.5) is 9.59 Å². The summed E-state index contributed by atoms with van der Waals surface area (Å²) in [6, 6.07) is 10.0. The molecular weight excluding hydrogens is 716 g/mol. The van der Waals surface area contributed by atoms with Crippen LogP contribution in [0.1, 0.15) is 94.3 Å². The molecule has 4 amide bonds. The molecule has 15 nitrogen and oxygen atoms in total. The van der Waals surface area contributed by atoms with Gasteiger partial charge in [-0.3, -0.25) is 9.59 Å². The number of fused-ring (bicyclic) bond motifs is 3. The highest BCUT2D eigenvalue weighted by Crippen LogP contribution is 2.46. The maximum atomic E-state index is 13.6. The Bertz CT molecular complexity index is 1980. The number of carbonyl (C=O) groups is 4. The first-order valence-corrected chi connectivity index (χ1v) is 19.3. The molecule has 4 aromatic rings. The molecule has 0 unspecified atom stereocenters. The van der Waals surface area contributed by atoms with Crippen molar-refractivity contribution < 1.29 is 33.8 Å². The number of alkyl carbamates (subject to hydrolysis) is 2. The van der Waals surface area contributed by atoms with E-state index in [0.717, 1.165) is 70.5 Å². The number of aliphatic hydroxyl groups is 1. The minimum atomic E-state index is -0.860. The largest absolute Gasteiger partial charge is 0.453 e. The standard InChI is InChI=1S/C41H50N8O7/c1-21(2)33(46-40(53)55-5)38(51)48-15-7-9-31(48)36-42-19-29(44-36)23-11-13-25-26-14-12-24(18-28(26)35(50)27(25)17-23)30-20-43-37(45-30)32-10-8-16-49(32)39(52)34(22(3)4)47-41(54)56-6/h11-14,17-22,31-35,50H,7-10,15-16H2,1-6H3,(H,42,44)(H,43,45)(H,46,53)(H,47,54)/t31-,32-,33-,34-/m0/s1. The van der Waals surface area contributed by atoms with E-state index in [1.54, 1.807) is 22.2 Å². The van der Waals surface area contributed by atoms with E-state index in [4.69, 9.17) is 9.47 Å². The molecular formula is C41H50N8O7. The van der Waals surface area contributed by atoms with Crippen LogP contribution in [-0.2, 0) is 19.1 Å². The molecule has 0 saturated carbocycles. The van der Waals surface area contributed by atoms with Crippen molar-refractivity contribution in [3.8, 4) is 33.6 Å². The highest BCUT2D eigenvalue weighted by atomic mass is 16.5. The summed E-state index contributed by atoms with van der Waals surface area (Å²) >= 11 is 0. The van der Waals surface area contributed by atoms with Gasteiger partial charge in [0, 0.05) is 13.1 Å². The number of imidazole rings is 2. The van der Waals surface area contributed by atoms with Crippen molar-refractivity contribution in [2.75, 3.05) is 27.3 Å². The number of hydrogen-bond donors (Lipinski definition) is 5. The number of nitrogens with zero attached hydrogens (tertiary/aromatic N) is 4. The monoisotopic (exact) mass is 766 g/mol. The molecule has 4 heterocycles. The van der Waals surface area contributed by atoms with Gasteiger partial charge in [0.05, 0.1) is 50.1 Å². The molecule has 15 heteroatoms. The smallest absolute Gasteiger partial charge is 0.407 e. The van der Waals surface area contributed by atoms with Gasteiger partial charge in [-0.15, -0.1) is 0 Å². The van der Waals surface area contributed by atoms with Crippen LogP contribution < -0.4 is 10.6 Å². The number of benzene rings is 2. The van der Waals surface area contributed by atoms with Crippen LogP contribution in [0, 0.1) is 11.8 Å². The number of amides is 4. The average molecular weight is 767 g/mol. The second-order valence-corrected chi connectivity index (χ2v) is 15.5. The molecule has 56 heavy (non-hydrogen) atoms. The Hall–Kier alpha value is -5.70. The summed E-state index contributed by atoms with van der Waals surface area (Å²) in [5, 5.41) is 17.0. The summed E-state index contributed by atoms with van der Waals surface area (Å²) in [4.78, 5) is 71.0. The van der Waals surface area contributed by atoms with Crippen molar-refractivity contribution in [2.45, 2.75) is 83.6 Å². The van der Waals surface area contributed by atoms with Crippen LogP contribution in [0.15, 0.2) is 48.8 Å². The Kier molecular flexibility index (Phi) is 10.9. The maximum absolute atomic E-state index is 13.6. The number of likely N-dealkylation sites (tertiary alicyclic amines) is 2. The lowest BCUT2D eigenvalue weighted by molar-refractivity contribution is -0.136. The van der Waals surface area contributed by atoms with Gasteiger partial charge < -0.3 is 45.0 Å². The lowest BCUT2D eigenvalue weighted by Gasteiger charge is -2.30. The highest BCUT2D eigenvalue weighted by molar-refractivity contribution is 5.87. The van der Waals surface area contributed by atoms with Crippen LogP contribution in [0.3, 0.4) is 0 Å². The van der Waals surface area contributed by atoms with Gasteiger partial charge in [0.25, 0.3) is 0 Å². The second-order valence-electron chi connectivity index (χ2n) is 15.5. The number of rotatable bonds is 10. The maximum Gasteiger partial charge on any atom is 0.407 e. The molecule has 2 aliphatic heterocycles. The van der Waals surface area contributed by atoms with Crippen molar-refractivity contribution in [1.29, 1.82) is 0 Å². The molecule has 5 N–H and O–H groups in total. The number of hydrogen-bond acceptors (Lipinski definition) is 9. The van der Waals surface area contributed by atoms with E-state index in [1.807, 2.05) is 64.1 Å². The zero-order chi connectivity index (χ0) is 39.8. The quantitative estimate of drug-likeness (QED) is 0.136. The Balaban J connectivity index is 1.07. The van der Waals surface area contributed by atoms with Crippen molar-refractivity contribution >= 4 is 24.0 Å². The Morgan fingerprint density at radius 3 is 1.50 bits per heavy atom. The van der Waals surface area contributed by atoms with E-state index in [9.17, 15) is 24.3 Å². The molecule has 2 fully saturated rings. The SMILES string of the molecule is COC(=O)N[C@H](C(=O)N1CCC[C@H]1c1ncc(-c2ccc3c(c2)C(O)c2cc(-c4cnc([C@@H]5CCCN5C(=O)[C@@H](NC(=O)OC)C(C)C)[nH]4)ccc2-3)[nH]1)C(C)C. The summed E-state index contributed by atoms with van der Waals surface area (Å²) < 4.78 is 9.52. The van der Waals surface area contributed by atoms with Crippen LogP contribution in [0.25, 0.3) is 33.6 Å². The van der Waals surface area contributed by atoms with Gasteiger partial charge in [0.1, 0.15) is 29.8 Å². The fourth-order valence-corrected chi connectivity index (χ4v) is 8.26. The number of methoxy groups -OCH3 is 2. The van der Waals surface area contributed by atoms with Gasteiger partial charge >= 0.3 is 12.2 Å². The predicted molar refractivity (Wildman–Crippen MR) is 207 cm³/mol. The molecule has 4 atom stereocenters. The average Bonchev–Trinajstić information content (AvgIpc) is 4.05. The third kappa shape index (κ3) is 7.22. The number of aromatic amines is 2. The molecule has 1 aliphatic carbocycles. The highest BCUT2D eigenvalue weighted by Gasteiger charge is 2.39. The fourth-order valence-electron chi connectivity index (χ4n) is 8.26. The molecule has 0 bridgehead atoms. The van der Waals surface area contributed by atoms with Gasteiger partial charge in [-0.05, 0) is 83.0 Å². The van der Waals surface area contributed by atoms with Gasteiger partial charge in [-0.2, -0.15) is 0 Å². The Labute approximate surface area is 325 Å². The Morgan fingerprint density at radius 1 is 0.714 bits per heavy atom. The summed E-state index contributed by atoms with van der Waals surface area (Å²) in [5.41, 5.74) is 6.69. The molecule has 7 rings (SSSR count). The van der Waals surface area contributed by atoms with Crippen molar-refractivity contribution in [3.05, 3.63) is 71.6 Å². The zero-order valence-electron chi connectivity index (χ0n) is 32.6. The van der Waals surface area contributed by atoms with E-state index in [-0.39, 0.29) is 35.7 Å². The first kappa shape index (κ1) is 38.6. The number of nitrogens with one attached hydrogen (secondary N) is 4. The third-order valence-electron chi connectivity index (χ3n) is 11.3. The number of H-pyrrole nitrogens is 2. The van der Waals surface area contributed by atoms with E-state index in [0.29, 0.717) is 24.7 Å². The second kappa shape index (κ2) is 15.8. The van der Waals surface area contributed by atoms with Gasteiger partial charge in [0.2, 0.25) is 11.8 Å². The topological polar surface area (TPSA) is 195 Å². The van der Waals surface area contributed by atoms with Crippen molar-refractivity contribution in [2.24, 2.45) is 11.8 Å². The van der Waals surface area contributed by atoms with Crippen LogP contribution in [0.2, 0.25) is 0 Å². The zero-order valence-corrected chi connectivity index (χ0v) is 32.6. The van der Waals surface area contributed by atoms with Gasteiger partial charge in [0.15, 0.2) is 0 Å². The van der Waals surface area contributed by atoms with Gasteiger partial charge in [-0.25, -0.2) is 19.6 Å². The summed E-state index contributed by atoms with van der Waals surface area (Å²) in [6.45, 7) is 8.66. The lowest BCUT2D eigenvalue weighted by atomic mass is 10.0. The van der Waals surface area contributed by atoms with E-state index >= 15 is 0 Å². The van der Waals surface area contributed by atoms with Crippen molar-refractivity contribution in [3.63, 3.8) is 0 Å². The molecule has 2 aromatic heterocycles. The van der Waals surface area contributed by atoms with Crippen LogP contribution in [-0.4, -0.2) is 98.2 Å². The minimum absolute atomic E-state index is 0.132. The molecule has 2 aromatic carbocycles. The van der Waals surface area contributed by atoms with E-state index < -0.39 is 30.4 Å². The van der Waals surface area contributed by atoms with E-state index in [2.05, 4.69) is 30.6 Å². The number of carbonyl (C=O) groups excluding carboxylic acids is 4. The normalized spacial score (nSPS) is 18.9. The van der Waals surface area contributed by atoms with Crippen LogP contribution in [0.5, 0.6) is 0 Å². The van der Waals surface area contributed by atoms with Crippen molar-refractivity contribution in [1.82, 2.24) is 40.4 Å².